The second-order valence-corrected chi connectivity index (χ2v) is 5.67. The minimum absolute atomic E-state index is 0.115. The van der Waals surface area contributed by atoms with Gasteiger partial charge in [0.05, 0.1) is 18.7 Å². The second kappa shape index (κ2) is 8.93. The molecular weight excluding hydrogens is 328 g/mol. The molecule has 126 valence electrons. The van der Waals surface area contributed by atoms with E-state index in [0.717, 1.165) is 5.56 Å². The number of rotatable bonds is 8. The topological polar surface area (TPSA) is 81.4 Å². The Labute approximate surface area is 145 Å². The molecule has 0 radical (unpaired) electrons. The molecule has 0 unspecified atom stereocenters. The van der Waals surface area contributed by atoms with E-state index < -0.39 is 5.91 Å². The Bertz CT molecular complexity index is 702. The molecule has 0 aromatic heterocycles. The number of benzene rings is 2. The van der Waals surface area contributed by atoms with Crippen molar-refractivity contribution in [3.63, 3.8) is 0 Å². The van der Waals surface area contributed by atoms with E-state index in [9.17, 15) is 9.59 Å². The number of hydrogen-bond donors (Lipinski definition) is 2. The van der Waals surface area contributed by atoms with E-state index in [1.54, 1.807) is 36.4 Å². The van der Waals surface area contributed by atoms with Crippen LogP contribution in [0.1, 0.15) is 18.4 Å². The van der Waals surface area contributed by atoms with E-state index in [0.29, 0.717) is 29.3 Å². The molecule has 2 rings (SSSR count). The molecule has 0 aliphatic rings. The van der Waals surface area contributed by atoms with Gasteiger partial charge < -0.3 is 15.8 Å². The fraction of sp³-hybridized carbons (Fsp3) is 0.222. The number of halogens is 1. The number of amides is 2. The molecule has 0 heterocycles. The summed E-state index contributed by atoms with van der Waals surface area (Å²) >= 11 is 5.84. The van der Waals surface area contributed by atoms with Crippen molar-refractivity contribution in [2.75, 3.05) is 11.9 Å². The largest absolute Gasteiger partial charge is 0.491 e. The van der Waals surface area contributed by atoms with Gasteiger partial charge in [-0.05, 0) is 36.2 Å². The van der Waals surface area contributed by atoms with Crippen molar-refractivity contribution < 1.29 is 14.3 Å². The molecule has 0 aliphatic carbocycles. The molecule has 0 fully saturated rings. The third-order valence-electron chi connectivity index (χ3n) is 3.32. The maximum atomic E-state index is 12.1. The predicted molar refractivity (Wildman–Crippen MR) is 94.2 cm³/mol. The molecule has 2 aromatic carbocycles. The third kappa shape index (κ3) is 5.93. The number of hydrogen-bond acceptors (Lipinski definition) is 3. The van der Waals surface area contributed by atoms with Gasteiger partial charge in [0.1, 0.15) is 5.75 Å². The van der Waals surface area contributed by atoms with Crippen LogP contribution < -0.4 is 15.8 Å². The Kier molecular flexibility index (Phi) is 6.63. The van der Waals surface area contributed by atoms with Gasteiger partial charge in [-0.3, -0.25) is 9.59 Å². The number of aryl methyl sites for hydroxylation is 1. The van der Waals surface area contributed by atoms with Crippen LogP contribution in [-0.4, -0.2) is 18.4 Å². The summed E-state index contributed by atoms with van der Waals surface area (Å²) in [6.07, 6.45) is 1.09. The highest BCUT2D eigenvalue weighted by Crippen LogP contribution is 2.24. The zero-order valence-electron chi connectivity index (χ0n) is 13.1. The zero-order valence-corrected chi connectivity index (χ0v) is 13.9. The average molecular weight is 347 g/mol. The SMILES string of the molecule is NC(=O)CCOc1ccccc1NC(=O)CCc1ccc(Cl)cc1. The molecule has 0 bridgehead atoms. The number of nitrogens with two attached hydrogens (primary N) is 1. The summed E-state index contributed by atoms with van der Waals surface area (Å²) in [6.45, 7) is 0.174. The van der Waals surface area contributed by atoms with Crippen molar-refractivity contribution in [1.82, 2.24) is 0 Å². The maximum Gasteiger partial charge on any atom is 0.224 e. The number of carbonyl (C=O) groups excluding carboxylic acids is 2. The molecule has 0 saturated heterocycles. The Morgan fingerprint density at radius 2 is 1.75 bits per heavy atom. The van der Waals surface area contributed by atoms with Crippen LogP contribution in [0.5, 0.6) is 5.75 Å². The molecule has 6 heteroatoms. The third-order valence-corrected chi connectivity index (χ3v) is 3.57. The Morgan fingerprint density at radius 3 is 2.46 bits per heavy atom. The second-order valence-electron chi connectivity index (χ2n) is 5.24. The van der Waals surface area contributed by atoms with Gasteiger partial charge in [0.25, 0.3) is 0 Å². The van der Waals surface area contributed by atoms with E-state index >= 15 is 0 Å². The molecule has 0 spiro atoms. The summed E-state index contributed by atoms with van der Waals surface area (Å²) in [7, 11) is 0. The van der Waals surface area contributed by atoms with Crippen molar-refractivity contribution in [3.05, 3.63) is 59.1 Å². The zero-order chi connectivity index (χ0) is 17.4. The number of nitrogens with one attached hydrogen (secondary N) is 1. The lowest BCUT2D eigenvalue weighted by molar-refractivity contribution is -0.118. The summed E-state index contributed by atoms with van der Waals surface area (Å²) in [5.74, 6) is -0.0334. The first-order valence-corrected chi connectivity index (χ1v) is 7.97. The van der Waals surface area contributed by atoms with Crippen LogP contribution in [0.2, 0.25) is 5.02 Å². The van der Waals surface area contributed by atoms with E-state index in [4.69, 9.17) is 22.1 Å². The summed E-state index contributed by atoms with van der Waals surface area (Å²) < 4.78 is 5.49. The lowest BCUT2D eigenvalue weighted by Gasteiger charge is -2.12. The molecule has 0 saturated carbocycles. The number of ether oxygens (including phenoxy) is 1. The number of primary amides is 1. The monoisotopic (exact) mass is 346 g/mol. The van der Waals surface area contributed by atoms with Crippen molar-refractivity contribution in [2.24, 2.45) is 5.73 Å². The van der Waals surface area contributed by atoms with Crippen molar-refractivity contribution in [2.45, 2.75) is 19.3 Å². The van der Waals surface area contributed by atoms with Crippen molar-refractivity contribution >= 4 is 29.1 Å². The van der Waals surface area contributed by atoms with Gasteiger partial charge in [0, 0.05) is 11.4 Å². The van der Waals surface area contributed by atoms with Crippen LogP contribution in [0, 0.1) is 0 Å². The van der Waals surface area contributed by atoms with E-state index in [-0.39, 0.29) is 18.9 Å². The smallest absolute Gasteiger partial charge is 0.224 e. The highest BCUT2D eigenvalue weighted by atomic mass is 35.5. The van der Waals surface area contributed by atoms with Gasteiger partial charge in [-0.1, -0.05) is 35.9 Å². The minimum atomic E-state index is -0.431. The Hall–Kier alpha value is -2.53. The van der Waals surface area contributed by atoms with Gasteiger partial charge in [0.2, 0.25) is 11.8 Å². The molecule has 5 nitrogen and oxygen atoms in total. The van der Waals surface area contributed by atoms with Crippen LogP contribution in [0.15, 0.2) is 48.5 Å². The minimum Gasteiger partial charge on any atom is -0.491 e. The summed E-state index contributed by atoms with van der Waals surface area (Å²) in [5.41, 5.74) is 6.70. The first kappa shape index (κ1) is 17.8. The predicted octanol–water partition coefficient (Wildman–Crippen LogP) is 3.17. The van der Waals surface area contributed by atoms with Crippen LogP contribution >= 0.6 is 11.6 Å². The molecule has 3 N–H and O–H groups in total. The van der Waals surface area contributed by atoms with E-state index in [1.165, 1.54) is 0 Å². The van der Waals surface area contributed by atoms with Gasteiger partial charge >= 0.3 is 0 Å². The molecule has 2 amide bonds. The van der Waals surface area contributed by atoms with Gasteiger partial charge in [0.15, 0.2) is 0 Å². The standard InChI is InChI=1S/C18H19ClN2O3/c19-14-8-5-13(6-9-14)7-10-18(23)21-15-3-1-2-4-16(15)24-12-11-17(20)22/h1-6,8-9H,7,10-12H2,(H2,20,22)(H,21,23). The Balaban J connectivity index is 1.88. The molecular formula is C18H19ClN2O3. The number of anilines is 1. The maximum absolute atomic E-state index is 12.1. The first-order valence-electron chi connectivity index (χ1n) is 7.59. The van der Waals surface area contributed by atoms with Crippen LogP contribution in [-0.2, 0) is 16.0 Å². The quantitative estimate of drug-likeness (QED) is 0.770. The fourth-order valence-electron chi connectivity index (χ4n) is 2.08. The van der Waals surface area contributed by atoms with Crippen molar-refractivity contribution in [3.8, 4) is 5.75 Å². The Morgan fingerprint density at radius 1 is 1.04 bits per heavy atom. The van der Waals surface area contributed by atoms with Crippen LogP contribution in [0.25, 0.3) is 0 Å². The van der Waals surface area contributed by atoms with E-state index in [1.807, 2.05) is 12.1 Å². The fourth-order valence-corrected chi connectivity index (χ4v) is 2.20. The first-order chi connectivity index (χ1) is 11.5. The molecule has 0 atom stereocenters. The molecule has 2 aromatic rings. The lowest BCUT2D eigenvalue weighted by atomic mass is 10.1. The van der Waals surface area contributed by atoms with Gasteiger partial charge in [-0.2, -0.15) is 0 Å². The normalized spacial score (nSPS) is 10.2. The van der Waals surface area contributed by atoms with Gasteiger partial charge in [-0.15, -0.1) is 0 Å². The number of para-hydroxylation sites is 2. The molecule has 0 aliphatic heterocycles. The average Bonchev–Trinajstić information content (AvgIpc) is 2.55. The summed E-state index contributed by atoms with van der Waals surface area (Å²) in [4.78, 5) is 22.9. The summed E-state index contributed by atoms with van der Waals surface area (Å²) in [6, 6.07) is 14.5. The number of carbonyl (C=O) groups is 2. The highest BCUT2D eigenvalue weighted by Gasteiger charge is 2.08. The molecule has 24 heavy (non-hydrogen) atoms. The van der Waals surface area contributed by atoms with Crippen molar-refractivity contribution in [1.29, 1.82) is 0 Å². The van der Waals surface area contributed by atoms with Crippen LogP contribution in [0.4, 0.5) is 5.69 Å². The van der Waals surface area contributed by atoms with Gasteiger partial charge in [-0.25, -0.2) is 0 Å². The van der Waals surface area contributed by atoms with Crippen LogP contribution in [0.3, 0.4) is 0 Å². The highest BCUT2D eigenvalue weighted by molar-refractivity contribution is 6.30. The summed E-state index contributed by atoms with van der Waals surface area (Å²) in [5, 5.41) is 3.50. The lowest BCUT2D eigenvalue weighted by Crippen LogP contribution is -2.16. The van der Waals surface area contributed by atoms with E-state index in [2.05, 4.69) is 5.32 Å².